The first-order chi connectivity index (χ1) is 6.23. The Bertz CT molecular complexity index is 168. The van der Waals surface area contributed by atoms with Crippen molar-refractivity contribution in [2.75, 3.05) is 0 Å². The molecular formula is C7H23O3RfSi4. The van der Waals surface area contributed by atoms with E-state index in [0.717, 1.165) is 0 Å². The Morgan fingerprint density at radius 2 is 1.47 bits per heavy atom. The summed E-state index contributed by atoms with van der Waals surface area (Å²) in [5.74, 6) is 0. The quantitative estimate of drug-likeness (QED) is 0.487. The van der Waals surface area contributed by atoms with E-state index in [-0.39, 0.29) is 0 Å². The molecule has 0 aliphatic heterocycles. The third-order valence-corrected chi connectivity index (χ3v) is 11.8. The summed E-state index contributed by atoms with van der Waals surface area (Å²) in [6, 6.07) is 0. The van der Waals surface area contributed by atoms with Crippen molar-refractivity contribution in [3.05, 3.63) is 0 Å². The second kappa shape index (κ2) is 7.09. The van der Waals surface area contributed by atoms with Crippen LogP contribution < -0.4 is 0 Å². The Hall–Kier alpha value is -0.252. The van der Waals surface area contributed by atoms with Gasteiger partial charge in [0.25, 0.3) is 0 Å². The van der Waals surface area contributed by atoms with E-state index in [4.69, 9.17) is 12.3 Å². The maximum Gasteiger partial charge on any atom is 0.360 e. The van der Waals surface area contributed by atoms with E-state index < -0.39 is 35.9 Å². The third-order valence-electron chi connectivity index (χ3n) is 1.31. The van der Waals surface area contributed by atoms with Crippen LogP contribution >= 0.6 is 0 Å². The van der Waals surface area contributed by atoms with Crippen LogP contribution in [0.25, 0.3) is 0 Å². The molecule has 0 rings (SSSR count). The van der Waals surface area contributed by atoms with E-state index in [1.54, 1.807) is 0 Å². The van der Waals surface area contributed by atoms with Gasteiger partial charge in [-0.05, 0) is 45.8 Å². The smallest absolute Gasteiger partial charge is 0.360 e. The molecule has 0 atom stereocenters. The van der Waals surface area contributed by atoms with E-state index in [1.165, 1.54) is 0 Å². The largest absolute Gasteiger partial charge is 0.440 e. The van der Waals surface area contributed by atoms with Gasteiger partial charge in [-0.1, -0.05) is 0 Å². The van der Waals surface area contributed by atoms with Crippen molar-refractivity contribution in [1.82, 2.24) is 0 Å². The summed E-state index contributed by atoms with van der Waals surface area (Å²) in [4.78, 5) is 0. The predicted octanol–water partition coefficient (Wildman–Crippen LogP) is 1.82. The van der Waals surface area contributed by atoms with Crippen LogP contribution in [0.1, 0.15) is 0 Å². The van der Waals surface area contributed by atoms with Crippen LogP contribution in [0.2, 0.25) is 45.8 Å². The molecular weight excluding hydrogens is 511 g/mol. The van der Waals surface area contributed by atoms with Crippen molar-refractivity contribution in [2.24, 2.45) is 0 Å². The van der Waals surface area contributed by atoms with E-state index in [1.807, 2.05) is 0 Å². The molecule has 0 saturated carbocycles. The molecule has 0 fully saturated rings. The average Bonchev–Trinajstić information content (AvgIpc) is 1.77. The standard InChI is InChI=1S/C7H23O3Si4.Rf/c1-11(2)8-13(5)10-14(6,7)9-12(3)4;/h11-12H,1-7H3;. The van der Waals surface area contributed by atoms with Gasteiger partial charge in [0.15, 0.2) is 18.1 Å². The molecule has 0 aromatic rings. The van der Waals surface area contributed by atoms with Crippen molar-refractivity contribution in [3.8, 4) is 0 Å². The summed E-state index contributed by atoms with van der Waals surface area (Å²) in [5.41, 5.74) is 0. The molecule has 0 aromatic carbocycles. The van der Waals surface area contributed by atoms with Gasteiger partial charge in [0, 0.05) is 0 Å². The van der Waals surface area contributed by atoms with Gasteiger partial charge in [0.2, 0.25) is 0 Å². The predicted molar refractivity (Wildman–Crippen MR) is 70.1 cm³/mol. The minimum absolute atomic E-state index is 0. The zero-order valence-corrected chi connectivity index (χ0v) is 21.8. The Morgan fingerprint density at radius 3 is 1.80 bits per heavy atom. The molecule has 0 bridgehead atoms. The monoisotopic (exact) mass is 534 g/mol. The second-order valence-electron chi connectivity index (χ2n) is 4.33. The van der Waals surface area contributed by atoms with E-state index in [9.17, 15) is 0 Å². The molecule has 0 aliphatic rings. The molecule has 0 saturated heterocycles. The van der Waals surface area contributed by atoms with Gasteiger partial charge in [-0.3, -0.25) is 0 Å². The molecule has 3 nitrogen and oxygen atoms in total. The van der Waals surface area contributed by atoms with Crippen molar-refractivity contribution >= 4 is 35.9 Å². The Labute approximate surface area is 94.3 Å². The van der Waals surface area contributed by atoms with Gasteiger partial charge in [-0.25, -0.2) is 0 Å². The molecule has 8 heteroatoms. The molecule has 0 aliphatic carbocycles. The van der Waals surface area contributed by atoms with E-state index in [0.29, 0.717) is 0 Å². The second-order valence-corrected chi connectivity index (χ2v) is 15.0. The topological polar surface area (TPSA) is 27.7 Å². The molecule has 1 radical (unpaired) electrons. The first-order valence-corrected chi connectivity index (χ1v) is 15.3. The van der Waals surface area contributed by atoms with Gasteiger partial charge in [0.1, 0.15) is 0 Å². The Morgan fingerprint density at radius 1 is 1.00 bits per heavy atom. The van der Waals surface area contributed by atoms with Crippen LogP contribution in [0.5, 0.6) is 0 Å². The summed E-state index contributed by atoms with van der Waals surface area (Å²) >= 11 is 0. The molecule has 0 aromatic heterocycles. The van der Waals surface area contributed by atoms with Gasteiger partial charge in [-0.2, -0.15) is 0 Å². The van der Waals surface area contributed by atoms with Crippen LogP contribution in [-0.4, -0.2) is 35.9 Å². The minimum Gasteiger partial charge on any atom is -0.440 e. The first kappa shape index (κ1) is 17.2. The summed E-state index contributed by atoms with van der Waals surface area (Å²) in [6.07, 6.45) is 0. The van der Waals surface area contributed by atoms with Gasteiger partial charge in [0.05, 0.1) is 0 Å². The first-order valence-electron chi connectivity index (χ1n) is 5.10. The van der Waals surface area contributed by atoms with Crippen LogP contribution in [0.3, 0.4) is 0 Å². The van der Waals surface area contributed by atoms with Crippen molar-refractivity contribution in [3.63, 3.8) is 0 Å². The zero-order valence-electron chi connectivity index (χ0n) is 11.1. The molecule has 15 heavy (non-hydrogen) atoms. The molecule has 0 N–H and O–H groups in total. The fourth-order valence-electron chi connectivity index (χ4n) is 1.29. The summed E-state index contributed by atoms with van der Waals surface area (Å²) in [5, 5.41) is 0. The van der Waals surface area contributed by atoms with Crippen molar-refractivity contribution in [1.29, 1.82) is 0 Å². The maximum atomic E-state index is 5.93. The van der Waals surface area contributed by atoms with Gasteiger partial charge >= 0.3 is 17.8 Å². The van der Waals surface area contributed by atoms with Crippen LogP contribution in [0, 0.1) is 0 Å². The van der Waals surface area contributed by atoms with E-state index >= 15 is 0 Å². The number of rotatable bonds is 6. The van der Waals surface area contributed by atoms with E-state index in [2.05, 4.69) is 45.8 Å². The average molecular weight is 535 g/mol. The van der Waals surface area contributed by atoms with Crippen molar-refractivity contribution < 1.29 is 12.3 Å². The van der Waals surface area contributed by atoms with Crippen LogP contribution in [0.4, 0.5) is 0 Å². The molecule has 0 unspecified atom stereocenters. The Balaban J connectivity index is 0. The summed E-state index contributed by atoms with van der Waals surface area (Å²) in [6.45, 7) is 15.0. The SMILES string of the molecule is C[Si](O[SiH](C)C)O[Si](C)(C)O[SiH](C)C.[Rf]. The third kappa shape index (κ3) is 10.0. The molecule has 0 heterocycles. The zero-order chi connectivity index (χ0) is 11.4. The van der Waals surface area contributed by atoms with Gasteiger partial charge in [-0.15, -0.1) is 0 Å². The summed E-state index contributed by atoms with van der Waals surface area (Å²) in [7, 11) is -4.90. The van der Waals surface area contributed by atoms with Gasteiger partial charge < -0.3 is 12.3 Å². The molecule has 0 spiro atoms. The van der Waals surface area contributed by atoms with Crippen LogP contribution in [0.15, 0.2) is 0 Å². The minimum atomic E-state index is -1.89. The molecule has 0 amide bonds. The normalized spacial score (nSPS) is 12.4. The van der Waals surface area contributed by atoms with Crippen molar-refractivity contribution in [2.45, 2.75) is 45.8 Å². The van der Waals surface area contributed by atoms with Crippen LogP contribution in [-0.2, 0) is 12.3 Å². The number of hydrogen-bond donors (Lipinski definition) is 0. The maximum absolute atomic E-state index is 5.93. The fraction of sp³-hybridized carbons (Fsp3) is 1.00. The number of hydrogen-bond acceptors (Lipinski definition) is 3. The Kier molecular flexibility index (Phi) is 8.11. The fourth-order valence-corrected chi connectivity index (χ4v) is 12.5. The summed E-state index contributed by atoms with van der Waals surface area (Å²) < 4.78 is 17.6. The molecule has 87 valence electrons.